The van der Waals surface area contributed by atoms with Crippen molar-refractivity contribution in [2.24, 2.45) is 0 Å². The van der Waals surface area contributed by atoms with Crippen LogP contribution in [0.2, 0.25) is 0 Å². The lowest BCUT2D eigenvalue weighted by molar-refractivity contribution is 0.0769. The minimum atomic E-state index is -0.352. The largest absolute Gasteiger partial charge is 0.391 e. The van der Waals surface area contributed by atoms with Crippen molar-refractivity contribution in [3.05, 3.63) is 16.3 Å². The number of aliphatic hydroxyl groups is 1. The van der Waals surface area contributed by atoms with Gasteiger partial charge in [-0.05, 0) is 12.5 Å². The van der Waals surface area contributed by atoms with Crippen LogP contribution in [0.25, 0.3) is 0 Å². The first kappa shape index (κ1) is 10.0. The minimum Gasteiger partial charge on any atom is -0.391 e. The Hall–Kier alpha value is -0.520. The van der Waals surface area contributed by atoms with Gasteiger partial charge in [-0.15, -0.1) is 24.0 Å². The van der Waals surface area contributed by atoms with Crippen LogP contribution in [-0.2, 0) is 0 Å². The number of rotatable bonds is 1. The molecule has 5 heteroatoms. The van der Waals surface area contributed by atoms with Crippen LogP contribution in [0.1, 0.15) is 16.1 Å². The highest BCUT2D eigenvalue weighted by Gasteiger charge is 2.25. The van der Waals surface area contributed by atoms with E-state index in [4.69, 9.17) is 0 Å². The van der Waals surface area contributed by atoms with Crippen LogP contribution in [0, 0.1) is 0 Å². The molecule has 14 heavy (non-hydrogen) atoms. The summed E-state index contributed by atoms with van der Waals surface area (Å²) in [6.07, 6.45) is 0.333. The molecule has 76 valence electrons. The van der Waals surface area contributed by atoms with Gasteiger partial charge in [-0.1, -0.05) is 0 Å². The summed E-state index contributed by atoms with van der Waals surface area (Å²) in [5.74, 6) is 0.00634. The van der Waals surface area contributed by atoms with E-state index in [2.05, 4.69) is 12.6 Å². The molecule has 0 spiro atoms. The van der Waals surface area contributed by atoms with Gasteiger partial charge in [-0.25, -0.2) is 0 Å². The second-order valence-electron chi connectivity index (χ2n) is 3.36. The van der Waals surface area contributed by atoms with Crippen LogP contribution >= 0.6 is 24.0 Å². The summed E-state index contributed by atoms with van der Waals surface area (Å²) in [7, 11) is 0. The maximum absolute atomic E-state index is 11.8. The van der Waals surface area contributed by atoms with Crippen LogP contribution in [0.3, 0.4) is 0 Å². The van der Waals surface area contributed by atoms with E-state index in [1.165, 1.54) is 11.3 Å². The van der Waals surface area contributed by atoms with Gasteiger partial charge in [0.2, 0.25) is 0 Å². The topological polar surface area (TPSA) is 40.5 Å². The van der Waals surface area contributed by atoms with Crippen LogP contribution in [0.4, 0.5) is 0 Å². The molecular weight excluding hydrogens is 218 g/mol. The number of β-amino-alcohol motifs (C(OH)–C–C–N with tert-alkyl or cyclic N) is 1. The van der Waals surface area contributed by atoms with Crippen molar-refractivity contribution in [3.8, 4) is 0 Å². The van der Waals surface area contributed by atoms with Gasteiger partial charge in [-0.2, -0.15) is 0 Å². The zero-order chi connectivity index (χ0) is 10.1. The predicted octanol–water partition coefficient (Wildman–Crippen LogP) is 1.24. The van der Waals surface area contributed by atoms with Gasteiger partial charge >= 0.3 is 0 Å². The second kappa shape index (κ2) is 3.92. The molecule has 0 bridgehead atoms. The molecule has 2 heterocycles. The highest BCUT2D eigenvalue weighted by Crippen LogP contribution is 2.21. The lowest BCUT2D eigenvalue weighted by Crippen LogP contribution is -2.28. The van der Waals surface area contributed by atoms with Crippen LogP contribution in [0.5, 0.6) is 0 Å². The first-order valence-electron chi connectivity index (χ1n) is 4.41. The second-order valence-corrected chi connectivity index (χ2v) is 4.79. The van der Waals surface area contributed by atoms with E-state index >= 15 is 0 Å². The van der Waals surface area contributed by atoms with Gasteiger partial charge in [0.05, 0.1) is 11.0 Å². The summed E-state index contributed by atoms with van der Waals surface area (Å²) in [4.78, 5) is 15.0. The summed E-state index contributed by atoms with van der Waals surface area (Å²) >= 11 is 5.55. The van der Waals surface area contributed by atoms with Crippen molar-refractivity contribution in [3.63, 3.8) is 0 Å². The van der Waals surface area contributed by atoms with Gasteiger partial charge in [0, 0.05) is 23.4 Å². The van der Waals surface area contributed by atoms with E-state index in [9.17, 15) is 9.90 Å². The number of thiol groups is 1. The number of hydrogen-bond donors (Lipinski definition) is 2. The number of carbonyl (C=O) groups is 1. The number of nitrogens with zero attached hydrogens (tertiary/aromatic N) is 1. The van der Waals surface area contributed by atoms with Crippen LogP contribution in [-0.4, -0.2) is 35.1 Å². The molecule has 1 aliphatic rings. The first-order chi connectivity index (χ1) is 6.66. The number of hydrogen-bond acceptors (Lipinski definition) is 4. The molecule has 0 aliphatic carbocycles. The fourth-order valence-corrected chi connectivity index (χ4v) is 2.64. The molecule has 1 unspecified atom stereocenters. The van der Waals surface area contributed by atoms with Crippen molar-refractivity contribution in [1.82, 2.24) is 4.90 Å². The molecule has 1 fully saturated rings. The summed E-state index contributed by atoms with van der Waals surface area (Å²) < 4.78 is 0. The van der Waals surface area contributed by atoms with E-state index < -0.39 is 0 Å². The monoisotopic (exact) mass is 229 g/mol. The fraction of sp³-hybridized carbons (Fsp3) is 0.444. The Balaban J connectivity index is 2.09. The van der Waals surface area contributed by atoms with E-state index in [1.807, 2.05) is 5.38 Å². The van der Waals surface area contributed by atoms with Gasteiger partial charge in [0.1, 0.15) is 0 Å². The quantitative estimate of drug-likeness (QED) is 0.711. The maximum Gasteiger partial charge on any atom is 0.264 e. The van der Waals surface area contributed by atoms with Gasteiger partial charge in [-0.3, -0.25) is 4.79 Å². The summed E-state index contributed by atoms with van der Waals surface area (Å²) in [5, 5.41) is 11.1. The molecule has 0 aromatic carbocycles. The Labute approximate surface area is 91.8 Å². The highest BCUT2D eigenvalue weighted by atomic mass is 32.1. The molecule has 0 radical (unpaired) electrons. The third kappa shape index (κ3) is 1.94. The van der Waals surface area contributed by atoms with Crippen molar-refractivity contribution in [1.29, 1.82) is 0 Å². The zero-order valence-electron chi connectivity index (χ0n) is 7.51. The number of likely N-dealkylation sites (tertiary alicyclic amines) is 1. The number of amides is 1. The van der Waals surface area contributed by atoms with E-state index in [0.29, 0.717) is 24.4 Å². The third-order valence-electron chi connectivity index (χ3n) is 2.25. The predicted molar refractivity (Wildman–Crippen MR) is 58.1 cm³/mol. The van der Waals surface area contributed by atoms with Crippen molar-refractivity contribution < 1.29 is 9.90 Å². The lowest BCUT2D eigenvalue weighted by Gasteiger charge is -2.13. The molecule has 1 saturated heterocycles. The van der Waals surface area contributed by atoms with Crippen LogP contribution in [0.15, 0.2) is 16.3 Å². The Morgan fingerprint density at radius 3 is 3.00 bits per heavy atom. The summed E-state index contributed by atoms with van der Waals surface area (Å²) in [6, 6.07) is 1.76. The molecule has 1 aliphatic heterocycles. The van der Waals surface area contributed by atoms with Crippen molar-refractivity contribution >= 4 is 29.9 Å². The molecule has 2 rings (SSSR count). The molecule has 1 N–H and O–H groups in total. The van der Waals surface area contributed by atoms with Crippen molar-refractivity contribution in [2.45, 2.75) is 17.4 Å². The lowest BCUT2D eigenvalue weighted by atomic mass is 10.3. The normalized spacial score (nSPS) is 21.6. The molecule has 1 aromatic rings. The molecule has 3 nitrogen and oxygen atoms in total. The number of thiophene rings is 1. The van der Waals surface area contributed by atoms with Crippen molar-refractivity contribution in [2.75, 3.05) is 13.1 Å². The zero-order valence-corrected chi connectivity index (χ0v) is 9.22. The Bertz CT molecular complexity index is 350. The van der Waals surface area contributed by atoms with E-state index in [-0.39, 0.29) is 12.0 Å². The smallest absolute Gasteiger partial charge is 0.264 e. The van der Waals surface area contributed by atoms with Crippen LogP contribution < -0.4 is 0 Å². The minimum absolute atomic E-state index is 0.00634. The first-order valence-corrected chi connectivity index (χ1v) is 5.74. The average Bonchev–Trinajstić information content (AvgIpc) is 2.73. The Morgan fingerprint density at radius 1 is 1.71 bits per heavy atom. The molecule has 1 atom stereocenters. The van der Waals surface area contributed by atoms with Gasteiger partial charge in [0.15, 0.2) is 0 Å². The van der Waals surface area contributed by atoms with E-state index in [0.717, 1.165) is 4.90 Å². The maximum atomic E-state index is 11.8. The molecule has 1 aromatic heterocycles. The highest BCUT2D eigenvalue weighted by molar-refractivity contribution is 7.80. The van der Waals surface area contributed by atoms with E-state index in [1.54, 1.807) is 11.0 Å². The summed E-state index contributed by atoms with van der Waals surface area (Å²) in [6.45, 7) is 1.11. The average molecular weight is 229 g/mol. The SMILES string of the molecule is O=C(c1cc(S)cs1)N1CCC(O)C1. The standard InChI is InChI=1S/C9H11NO2S2/c11-6-1-2-10(4-6)9(12)8-3-7(13)5-14-8/h3,5-6,11,13H,1-2,4H2. The Kier molecular flexibility index (Phi) is 2.80. The molecule has 1 amide bonds. The molecule has 0 saturated carbocycles. The third-order valence-corrected chi connectivity index (χ3v) is 3.60. The van der Waals surface area contributed by atoms with Gasteiger partial charge < -0.3 is 10.0 Å². The number of carbonyl (C=O) groups excluding carboxylic acids is 1. The Morgan fingerprint density at radius 2 is 2.50 bits per heavy atom. The van der Waals surface area contributed by atoms with Gasteiger partial charge in [0.25, 0.3) is 5.91 Å². The fourth-order valence-electron chi connectivity index (χ4n) is 1.52. The molecular formula is C9H11NO2S2. The number of aliphatic hydroxyl groups excluding tert-OH is 1. The summed E-state index contributed by atoms with van der Waals surface area (Å²) in [5.41, 5.74) is 0.